The van der Waals surface area contributed by atoms with Crippen LogP contribution in [0, 0.1) is 5.38 Å². The van der Waals surface area contributed by atoms with Crippen LogP contribution < -0.4 is 0 Å². The second-order valence-corrected chi connectivity index (χ2v) is 5.41. The Morgan fingerprint density at radius 1 is 0.750 bits per heavy atom. The fourth-order valence-electron chi connectivity index (χ4n) is 1.60. The molecule has 0 spiro atoms. The van der Waals surface area contributed by atoms with Crippen molar-refractivity contribution in [2.24, 2.45) is 0 Å². The standard InChI is InChI=1S/C14H9S2/c1-2-5-11(6-3-1)12-8-9-14(16-12)13-7-4-10-15-13/h1-9H. The van der Waals surface area contributed by atoms with Gasteiger partial charge in [0.25, 0.3) is 0 Å². The lowest BCUT2D eigenvalue weighted by Gasteiger charge is -1.94. The third kappa shape index (κ3) is 1.82. The van der Waals surface area contributed by atoms with Crippen molar-refractivity contribution in [3.8, 4) is 20.2 Å². The molecule has 0 bridgehead atoms. The van der Waals surface area contributed by atoms with Gasteiger partial charge in [-0.1, -0.05) is 30.3 Å². The van der Waals surface area contributed by atoms with Crippen LogP contribution in [0.4, 0.5) is 0 Å². The molecule has 0 amide bonds. The molecule has 2 aromatic heterocycles. The van der Waals surface area contributed by atoms with Gasteiger partial charge in [-0.15, -0.1) is 22.7 Å². The molecule has 0 aliphatic rings. The average Bonchev–Trinajstić information content (AvgIpc) is 3.01. The molecule has 0 N–H and O–H groups in total. The first-order valence-corrected chi connectivity index (χ1v) is 6.68. The average molecular weight is 241 g/mol. The van der Waals surface area contributed by atoms with Crippen molar-refractivity contribution in [3.05, 3.63) is 60.0 Å². The third-order valence-corrected chi connectivity index (χ3v) is 4.51. The smallest absolute Gasteiger partial charge is 0.0449 e. The zero-order chi connectivity index (χ0) is 10.8. The van der Waals surface area contributed by atoms with Gasteiger partial charge in [-0.25, -0.2) is 0 Å². The fraction of sp³-hybridized carbons (Fsp3) is 0. The van der Waals surface area contributed by atoms with Gasteiger partial charge in [-0.3, -0.25) is 0 Å². The molecule has 0 saturated heterocycles. The van der Waals surface area contributed by atoms with Gasteiger partial charge in [0.2, 0.25) is 0 Å². The van der Waals surface area contributed by atoms with Crippen molar-refractivity contribution in [2.45, 2.75) is 0 Å². The van der Waals surface area contributed by atoms with Gasteiger partial charge in [0, 0.05) is 20.0 Å². The number of hydrogen-bond donors (Lipinski definition) is 0. The van der Waals surface area contributed by atoms with E-state index in [4.69, 9.17) is 0 Å². The van der Waals surface area contributed by atoms with Crippen LogP contribution in [0.1, 0.15) is 0 Å². The fourth-order valence-corrected chi connectivity index (χ4v) is 3.35. The Morgan fingerprint density at radius 3 is 2.31 bits per heavy atom. The summed E-state index contributed by atoms with van der Waals surface area (Å²) in [4.78, 5) is 3.95. The van der Waals surface area contributed by atoms with E-state index in [-0.39, 0.29) is 0 Å². The molecule has 0 atom stereocenters. The van der Waals surface area contributed by atoms with Crippen molar-refractivity contribution in [3.63, 3.8) is 0 Å². The molecule has 0 unspecified atom stereocenters. The first kappa shape index (κ1) is 9.82. The summed E-state index contributed by atoms with van der Waals surface area (Å²) < 4.78 is 0. The zero-order valence-corrected chi connectivity index (χ0v) is 10.1. The molecule has 1 aromatic carbocycles. The van der Waals surface area contributed by atoms with Gasteiger partial charge >= 0.3 is 0 Å². The zero-order valence-electron chi connectivity index (χ0n) is 8.51. The predicted molar refractivity (Wildman–Crippen MR) is 71.9 cm³/mol. The highest BCUT2D eigenvalue weighted by molar-refractivity contribution is 7.23. The second-order valence-electron chi connectivity index (χ2n) is 3.45. The van der Waals surface area contributed by atoms with E-state index >= 15 is 0 Å². The Bertz CT molecular complexity index is 562. The van der Waals surface area contributed by atoms with Gasteiger partial charge in [0.1, 0.15) is 0 Å². The highest BCUT2D eigenvalue weighted by Gasteiger charge is 2.04. The maximum Gasteiger partial charge on any atom is 0.0449 e. The van der Waals surface area contributed by atoms with E-state index in [2.05, 4.69) is 47.8 Å². The van der Waals surface area contributed by atoms with Crippen LogP contribution in [0.25, 0.3) is 20.2 Å². The summed E-state index contributed by atoms with van der Waals surface area (Å²) in [5, 5.41) is 3.13. The lowest BCUT2D eigenvalue weighted by atomic mass is 10.2. The molecule has 2 heteroatoms. The Kier molecular flexibility index (Phi) is 2.60. The second kappa shape index (κ2) is 4.24. The summed E-state index contributed by atoms with van der Waals surface area (Å²) in [5.74, 6) is 0. The van der Waals surface area contributed by atoms with Gasteiger partial charge in [0.05, 0.1) is 0 Å². The number of thiophene rings is 2. The molecule has 3 aromatic rings. The summed E-state index contributed by atoms with van der Waals surface area (Å²) in [5.41, 5.74) is 1.29. The quantitative estimate of drug-likeness (QED) is 0.596. The van der Waals surface area contributed by atoms with Gasteiger partial charge in [-0.2, -0.15) is 0 Å². The van der Waals surface area contributed by atoms with Crippen LogP contribution in [0.3, 0.4) is 0 Å². The maximum atomic E-state index is 3.13. The van der Waals surface area contributed by atoms with E-state index in [9.17, 15) is 0 Å². The Hall–Kier alpha value is -1.38. The molecular weight excluding hydrogens is 232 g/mol. The largest absolute Gasteiger partial charge is 0.134 e. The van der Waals surface area contributed by atoms with E-state index in [1.165, 1.54) is 20.2 Å². The molecule has 3 rings (SSSR count). The predicted octanol–water partition coefficient (Wildman–Crippen LogP) is 4.94. The first-order valence-electron chi connectivity index (χ1n) is 5.05. The highest BCUT2D eigenvalue weighted by atomic mass is 32.1. The van der Waals surface area contributed by atoms with E-state index in [1.807, 2.05) is 23.5 Å². The van der Waals surface area contributed by atoms with Crippen LogP contribution in [0.5, 0.6) is 0 Å². The van der Waals surface area contributed by atoms with Crippen molar-refractivity contribution in [1.29, 1.82) is 0 Å². The molecule has 0 fully saturated rings. The summed E-state index contributed by atoms with van der Waals surface area (Å²) in [6.07, 6.45) is 0. The van der Waals surface area contributed by atoms with Crippen LogP contribution in [0.15, 0.2) is 54.6 Å². The minimum absolute atomic E-state index is 1.29. The van der Waals surface area contributed by atoms with Gasteiger partial charge in [-0.05, 0) is 29.8 Å². The van der Waals surface area contributed by atoms with Crippen LogP contribution in [0.2, 0.25) is 0 Å². The van der Waals surface area contributed by atoms with Gasteiger partial charge < -0.3 is 0 Å². The topological polar surface area (TPSA) is 0 Å². The van der Waals surface area contributed by atoms with E-state index in [0.29, 0.717) is 0 Å². The molecule has 16 heavy (non-hydrogen) atoms. The molecule has 2 heterocycles. The summed E-state index contributed by atoms with van der Waals surface area (Å²) >= 11 is 3.50. The Morgan fingerprint density at radius 2 is 1.56 bits per heavy atom. The van der Waals surface area contributed by atoms with Crippen LogP contribution in [-0.2, 0) is 0 Å². The molecule has 1 radical (unpaired) electrons. The summed E-state index contributed by atoms with van der Waals surface area (Å²) in [7, 11) is 0. The monoisotopic (exact) mass is 241 g/mol. The van der Waals surface area contributed by atoms with Crippen molar-refractivity contribution >= 4 is 22.7 Å². The molecule has 0 aliphatic heterocycles. The summed E-state index contributed by atoms with van der Waals surface area (Å²) in [6.45, 7) is 0. The molecule has 0 saturated carbocycles. The minimum atomic E-state index is 1.29. The lowest BCUT2D eigenvalue weighted by molar-refractivity contribution is 1.70. The van der Waals surface area contributed by atoms with E-state index < -0.39 is 0 Å². The van der Waals surface area contributed by atoms with E-state index in [1.54, 1.807) is 11.3 Å². The Labute approximate surface area is 103 Å². The summed E-state index contributed by atoms with van der Waals surface area (Å²) in [6, 6.07) is 19.0. The van der Waals surface area contributed by atoms with Crippen molar-refractivity contribution in [2.75, 3.05) is 0 Å². The Balaban J connectivity index is 2.00. The van der Waals surface area contributed by atoms with Crippen molar-refractivity contribution < 1.29 is 0 Å². The minimum Gasteiger partial charge on any atom is -0.134 e. The number of hydrogen-bond acceptors (Lipinski definition) is 2. The maximum absolute atomic E-state index is 3.13. The van der Waals surface area contributed by atoms with Crippen LogP contribution in [-0.4, -0.2) is 0 Å². The number of rotatable bonds is 2. The SMILES string of the molecule is [c]1ccc(-c2ccc(-c3ccccc3)s2)s1. The third-order valence-electron chi connectivity index (χ3n) is 2.38. The van der Waals surface area contributed by atoms with Gasteiger partial charge in [0.15, 0.2) is 0 Å². The normalized spacial score (nSPS) is 10.5. The molecule has 0 aliphatic carbocycles. The van der Waals surface area contributed by atoms with E-state index in [0.717, 1.165) is 0 Å². The highest BCUT2D eigenvalue weighted by Crippen LogP contribution is 2.35. The van der Waals surface area contributed by atoms with Crippen molar-refractivity contribution in [1.82, 2.24) is 0 Å². The lowest BCUT2D eigenvalue weighted by Crippen LogP contribution is -1.67. The molecule has 0 nitrogen and oxygen atoms in total. The molecule has 77 valence electrons. The van der Waals surface area contributed by atoms with Crippen LogP contribution >= 0.6 is 22.7 Å². The molecular formula is C14H9S2. The number of benzene rings is 1. The first-order chi connectivity index (χ1) is 7.93.